The first kappa shape index (κ1) is 25.2. The van der Waals surface area contributed by atoms with E-state index in [9.17, 15) is 14.4 Å². The Morgan fingerprint density at radius 2 is 1.71 bits per heavy atom. The number of hydrogen-bond donors (Lipinski definition) is 2. The zero-order valence-corrected chi connectivity index (χ0v) is 20.2. The minimum Gasteiger partial charge on any atom is -0.494 e. The van der Waals surface area contributed by atoms with E-state index in [0.29, 0.717) is 30.9 Å². The smallest absolute Gasteiger partial charge is 0.251 e. The van der Waals surface area contributed by atoms with E-state index in [-0.39, 0.29) is 24.1 Å². The van der Waals surface area contributed by atoms with Gasteiger partial charge in [0.15, 0.2) is 0 Å². The number of likely N-dealkylation sites (N-methyl/N-ethyl adjacent to an activating group) is 1. The monoisotopic (exact) mass is 466 g/mol. The highest BCUT2D eigenvalue weighted by Crippen LogP contribution is 2.27. The van der Waals surface area contributed by atoms with Gasteiger partial charge in [0.25, 0.3) is 5.91 Å². The molecule has 1 aliphatic rings. The van der Waals surface area contributed by atoms with Crippen LogP contribution >= 0.6 is 0 Å². The standard InChI is InChI=1S/C26H34N4O4/c1-4-29(5-2)16-15-27-25(32)19-7-9-21(10-8-19)28-26(33)20-17-24(31)30(18-20)22-11-13-23(14-12-22)34-6-3/h7-14,20H,4-6,15-18H2,1-3H3,(H,27,32)(H,28,33)/t20-/m0/s1. The van der Waals surface area contributed by atoms with E-state index in [1.807, 2.05) is 31.2 Å². The summed E-state index contributed by atoms with van der Waals surface area (Å²) in [5, 5.41) is 5.79. The maximum absolute atomic E-state index is 12.8. The fraction of sp³-hybridized carbons (Fsp3) is 0.423. The van der Waals surface area contributed by atoms with E-state index in [4.69, 9.17) is 4.74 Å². The number of benzene rings is 2. The van der Waals surface area contributed by atoms with Crippen LogP contribution in [0.25, 0.3) is 0 Å². The Labute approximate surface area is 201 Å². The molecular formula is C26H34N4O4. The number of ether oxygens (including phenoxy) is 1. The van der Waals surface area contributed by atoms with Crippen LogP contribution in [0.5, 0.6) is 5.75 Å². The van der Waals surface area contributed by atoms with Gasteiger partial charge in [-0.3, -0.25) is 14.4 Å². The van der Waals surface area contributed by atoms with Crippen LogP contribution in [0.4, 0.5) is 11.4 Å². The molecule has 0 radical (unpaired) electrons. The largest absolute Gasteiger partial charge is 0.494 e. The highest BCUT2D eigenvalue weighted by atomic mass is 16.5. The Hall–Kier alpha value is -3.39. The maximum atomic E-state index is 12.8. The number of nitrogens with one attached hydrogen (secondary N) is 2. The molecule has 0 saturated carbocycles. The molecule has 8 nitrogen and oxygen atoms in total. The molecule has 34 heavy (non-hydrogen) atoms. The maximum Gasteiger partial charge on any atom is 0.251 e. The molecule has 3 rings (SSSR count). The van der Waals surface area contributed by atoms with Crippen LogP contribution in [-0.4, -0.2) is 62.0 Å². The average Bonchev–Trinajstić information content (AvgIpc) is 3.24. The van der Waals surface area contributed by atoms with E-state index in [1.165, 1.54) is 0 Å². The van der Waals surface area contributed by atoms with Crippen LogP contribution in [0.1, 0.15) is 37.6 Å². The molecule has 8 heteroatoms. The minimum atomic E-state index is -0.442. The first-order chi connectivity index (χ1) is 16.4. The molecule has 0 bridgehead atoms. The molecule has 2 aromatic carbocycles. The summed E-state index contributed by atoms with van der Waals surface area (Å²) in [6, 6.07) is 14.1. The zero-order valence-electron chi connectivity index (χ0n) is 20.2. The molecule has 2 aromatic rings. The van der Waals surface area contributed by atoms with Crippen LogP contribution in [0.2, 0.25) is 0 Å². The average molecular weight is 467 g/mol. The van der Waals surface area contributed by atoms with E-state index in [1.54, 1.807) is 29.2 Å². The van der Waals surface area contributed by atoms with Gasteiger partial charge in [-0.1, -0.05) is 13.8 Å². The van der Waals surface area contributed by atoms with Gasteiger partial charge in [-0.15, -0.1) is 0 Å². The second-order valence-electron chi connectivity index (χ2n) is 8.18. The van der Waals surface area contributed by atoms with Crippen molar-refractivity contribution in [1.29, 1.82) is 0 Å². The first-order valence-corrected chi connectivity index (χ1v) is 11.9. The van der Waals surface area contributed by atoms with Crippen molar-refractivity contribution in [3.63, 3.8) is 0 Å². The summed E-state index contributed by atoms with van der Waals surface area (Å²) in [4.78, 5) is 41.5. The van der Waals surface area contributed by atoms with Gasteiger partial charge in [0.05, 0.1) is 12.5 Å². The Bertz CT molecular complexity index is 971. The van der Waals surface area contributed by atoms with Gasteiger partial charge >= 0.3 is 0 Å². The van der Waals surface area contributed by atoms with Gasteiger partial charge < -0.3 is 25.2 Å². The van der Waals surface area contributed by atoms with Gasteiger partial charge in [0, 0.05) is 43.0 Å². The lowest BCUT2D eigenvalue weighted by Crippen LogP contribution is -2.34. The van der Waals surface area contributed by atoms with Crippen molar-refractivity contribution in [2.75, 3.05) is 49.5 Å². The fourth-order valence-electron chi connectivity index (χ4n) is 3.94. The van der Waals surface area contributed by atoms with E-state index in [0.717, 1.165) is 31.1 Å². The number of nitrogens with zero attached hydrogens (tertiary/aromatic N) is 2. The van der Waals surface area contributed by atoms with E-state index in [2.05, 4.69) is 29.4 Å². The third-order valence-electron chi connectivity index (χ3n) is 5.98. The highest BCUT2D eigenvalue weighted by molar-refractivity contribution is 6.03. The van der Waals surface area contributed by atoms with Crippen molar-refractivity contribution < 1.29 is 19.1 Å². The summed E-state index contributed by atoms with van der Waals surface area (Å²) in [6.45, 7) is 10.3. The molecule has 0 aliphatic carbocycles. The summed E-state index contributed by atoms with van der Waals surface area (Å²) in [5.74, 6) is -0.132. The summed E-state index contributed by atoms with van der Waals surface area (Å²) in [7, 11) is 0. The Morgan fingerprint density at radius 3 is 2.32 bits per heavy atom. The Balaban J connectivity index is 1.51. The molecular weight excluding hydrogens is 432 g/mol. The lowest BCUT2D eigenvalue weighted by atomic mass is 10.1. The van der Waals surface area contributed by atoms with Crippen molar-refractivity contribution in [1.82, 2.24) is 10.2 Å². The van der Waals surface area contributed by atoms with Gasteiger partial charge in [-0.2, -0.15) is 0 Å². The topological polar surface area (TPSA) is 91.0 Å². The van der Waals surface area contributed by atoms with Crippen LogP contribution in [-0.2, 0) is 9.59 Å². The van der Waals surface area contributed by atoms with Gasteiger partial charge in [0.2, 0.25) is 11.8 Å². The number of carbonyl (C=O) groups is 3. The van der Waals surface area contributed by atoms with Crippen molar-refractivity contribution in [3.8, 4) is 5.75 Å². The Kier molecular flexibility index (Phi) is 9.04. The fourth-order valence-corrected chi connectivity index (χ4v) is 3.94. The predicted octanol–water partition coefficient (Wildman–Crippen LogP) is 3.15. The summed E-state index contributed by atoms with van der Waals surface area (Å²) in [5.41, 5.74) is 1.88. The second-order valence-corrected chi connectivity index (χ2v) is 8.18. The Morgan fingerprint density at radius 1 is 1.03 bits per heavy atom. The first-order valence-electron chi connectivity index (χ1n) is 11.9. The van der Waals surface area contributed by atoms with Gasteiger partial charge in [-0.25, -0.2) is 0 Å². The van der Waals surface area contributed by atoms with Crippen molar-refractivity contribution >= 4 is 29.1 Å². The number of amides is 3. The van der Waals surface area contributed by atoms with Crippen molar-refractivity contribution in [3.05, 3.63) is 54.1 Å². The van der Waals surface area contributed by atoms with Gasteiger partial charge in [-0.05, 0) is 68.5 Å². The number of hydrogen-bond acceptors (Lipinski definition) is 5. The van der Waals surface area contributed by atoms with Crippen LogP contribution in [0.3, 0.4) is 0 Å². The summed E-state index contributed by atoms with van der Waals surface area (Å²) in [6.07, 6.45) is 0.159. The van der Waals surface area contributed by atoms with Crippen molar-refractivity contribution in [2.24, 2.45) is 5.92 Å². The number of anilines is 2. The molecule has 1 saturated heterocycles. The summed E-state index contributed by atoms with van der Waals surface area (Å²) >= 11 is 0. The molecule has 0 unspecified atom stereocenters. The lowest BCUT2D eigenvalue weighted by molar-refractivity contribution is -0.122. The molecule has 1 fully saturated rings. The third-order valence-corrected chi connectivity index (χ3v) is 5.98. The number of rotatable bonds is 11. The predicted molar refractivity (Wildman–Crippen MR) is 133 cm³/mol. The molecule has 1 aliphatic heterocycles. The molecule has 1 heterocycles. The van der Waals surface area contributed by atoms with Crippen LogP contribution in [0, 0.1) is 5.92 Å². The molecule has 1 atom stereocenters. The lowest BCUT2D eigenvalue weighted by Gasteiger charge is -2.18. The normalized spacial score (nSPS) is 15.5. The van der Waals surface area contributed by atoms with Crippen LogP contribution in [0.15, 0.2) is 48.5 Å². The van der Waals surface area contributed by atoms with Crippen molar-refractivity contribution in [2.45, 2.75) is 27.2 Å². The minimum absolute atomic E-state index is 0.0824. The molecule has 0 aromatic heterocycles. The summed E-state index contributed by atoms with van der Waals surface area (Å²) < 4.78 is 5.44. The van der Waals surface area contributed by atoms with Crippen LogP contribution < -0.4 is 20.3 Å². The van der Waals surface area contributed by atoms with E-state index >= 15 is 0 Å². The molecule has 2 N–H and O–H groups in total. The quantitative estimate of drug-likeness (QED) is 0.531. The molecule has 3 amide bonds. The third kappa shape index (κ3) is 6.57. The highest BCUT2D eigenvalue weighted by Gasteiger charge is 2.35. The molecule has 182 valence electrons. The SMILES string of the molecule is CCOc1ccc(N2C[C@@H](C(=O)Nc3ccc(C(=O)NCCN(CC)CC)cc3)CC2=O)cc1. The van der Waals surface area contributed by atoms with E-state index < -0.39 is 5.92 Å². The second kappa shape index (κ2) is 12.2. The molecule has 0 spiro atoms. The zero-order chi connectivity index (χ0) is 24.5. The number of carbonyl (C=O) groups excluding carboxylic acids is 3. The van der Waals surface area contributed by atoms with Gasteiger partial charge in [0.1, 0.15) is 5.75 Å².